The molecule has 5 heteroatoms. The van der Waals surface area contributed by atoms with E-state index in [1.165, 1.54) is 0 Å². The monoisotopic (exact) mass is 357 g/mol. The van der Waals surface area contributed by atoms with Crippen molar-refractivity contribution in [2.45, 2.75) is 27.3 Å². The molecule has 132 valence electrons. The van der Waals surface area contributed by atoms with Crippen LogP contribution in [0.2, 0.25) is 0 Å². The highest BCUT2D eigenvalue weighted by molar-refractivity contribution is 7.63. The maximum Gasteiger partial charge on any atom is 0.364 e. The van der Waals surface area contributed by atoms with Crippen LogP contribution < -0.4 is 5.30 Å². The van der Waals surface area contributed by atoms with Crippen molar-refractivity contribution in [3.05, 3.63) is 54.6 Å². The minimum Gasteiger partial charge on any atom is -0.340 e. The van der Waals surface area contributed by atoms with Crippen LogP contribution in [0.4, 0.5) is 0 Å². The zero-order chi connectivity index (χ0) is 17.9. The van der Waals surface area contributed by atoms with Gasteiger partial charge in [0.15, 0.2) is 0 Å². The number of hydrogen-bond donors (Lipinski definition) is 0. The first kappa shape index (κ1) is 17.9. The highest BCUT2D eigenvalue weighted by atomic mass is 31.2. The predicted molar refractivity (Wildman–Crippen MR) is 104 cm³/mol. The van der Waals surface area contributed by atoms with Crippen LogP contribution >= 0.6 is 7.60 Å². The maximum absolute atomic E-state index is 13.7. The Balaban J connectivity index is 2.42. The molecule has 0 unspecified atom stereocenters. The van der Waals surface area contributed by atoms with Crippen LogP contribution in [0.3, 0.4) is 0 Å². The van der Waals surface area contributed by atoms with Gasteiger partial charge in [-0.25, -0.2) is 0 Å². The fraction of sp³-hybridized carbons (Fsp3) is 0.300. The van der Waals surface area contributed by atoms with Gasteiger partial charge < -0.3 is 13.6 Å². The molecule has 3 aromatic rings. The molecule has 0 saturated carbocycles. The van der Waals surface area contributed by atoms with E-state index in [0.29, 0.717) is 18.5 Å². The number of aryl methyl sites for hydroxylation is 1. The van der Waals surface area contributed by atoms with E-state index in [4.69, 9.17) is 9.05 Å². The van der Waals surface area contributed by atoms with Crippen LogP contribution in [0.15, 0.2) is 54.6 Å². The third kappa shape index (κ3) is 3.18. The molecule has 0 spiro atoms. The van der Waals surface area contributed by atoms with Crippen molar-refractivity contribution >= 4 is 23.8 Å². The number of para-hydroxylation sites is 1. The molecule has 0 saturated heterocycles. The van der Waals surface area contributed by atoms with Crippen LogP contribution in [0.25, 0.3) is 22.2 Å². The van der Waals surface area contributed by atoms with Crippen LogP contribution in [0, 0.1) is 0 Å². The van der Waals surface area contributed by atoms with Crippen molar-refractivity contribution in [2.24, 2.45) is 0 Å². The molecular formula is C20H24NO3P. The molecule has 4 nitrogen and oxygen atoms in total. The van der Waals surface area contributed by atoms with Crippen molar-refractivity contribution < 1.29 is 13.6 Å². The van der Waals surface area contributed by atoms with Crippen LogP contribution in [-0.2, 0) is 20.2 Å². The standard InChI is InChI=1S/C20H24NO3P/c1-4-21-18-15-11-10-14-17(18)20(25(22,23-5-2)24-6-3)19(21)16-12-8-7-9-13-16/h7-15H,4-6H2,1-3H3. The average Bonchev–Trinajstić information content (AvgIpc) is 2.98. The van der Waals surface area contributed by atoms with Gasteiger partial charge in [-0.05, 0) is 32.4 Å². The second kappa shape index (κ2) is 7.57. The zero-order valence-electron chi connectivity index (χ0n) is 14.9. The molecule has 0 aliphatic rings. The molecule has 0 fully saturated rings. The number of nitrogens with zero attached hydrogens (tertiary/aromatic N) is 1. The van der Waals surface area contributed by atoms with Gasteiger partial charge in [-0.2, -0.15) is 0 Å². The summed E-state index contributed by atoms with van der Waals surface area (Å²) in [6, 6.07) is 18.0. The first-order valence-electron chi connectivity index (χ1n) is 8.72. The fourth-order valence-electron chi connectivity index (χ4n) is 3.29. The lowest BCUT2D eigenvalue weighted by atomic mass is 10.1. The highest BCUT2D eigenvalue weighted by Gasteiger charge is 2.35. The van der Waals surface area contributed by atoms with Gasteiger partial charge in [0.1, 0.15) is 0 Å². The minimum atomic E-state index is -3.43. The van der Waals surface area contributed by atoms with Gasteiger partial charge in [-0.3, -0.25) is 4.57 Å². The van der Waals surface area contributed by atoms with Gasteiger partial charge in [0.05, 0.1) is 24.2 Å². The lowest BCUT2D eigenvalue weighted by Gasteiger charge is -2.19. The molecule has 0 atom stereocenters. The van der Waals surface area contributed by atoms with E-state index in [1.54, 1.807) is 0 Å². The molecular weight excluding hydrogens is 333 g/mol. The molecule has 0 bridgehead atoms. The van der Waals surface area contributed by atoms with Crippen LogP contribution in [0.1, 0.15) is 20.8 Å². The molecule has 1 heterocycles. The van der Waals surface area contributed by atoms with Crippen molar-refractivity contribution in [3.8, 4) is 11.3 Å². The topological polar surface area (TPSA) is 40.5 Å². The van der Waals surface area contributed by atoms with E-state index in [9.17, 15) is 4.57 Å². The summed E-state index contributed by atoms with van der Waals surface area (Å²) < 4.78 is 27.3. The lowest BCUT2D eigenvalue weighted by molar-refractivity contribution is 0.230. The fourth-order valence-corrected chi connectivity index (χ4v) is 5.29. The van der Waals surface area contributed by atoms with Crippen molar-refractivity contribution in [1.29, 1.82) is 0 Å². The molecule has 0 amide bonds. The quantitative estimate of drug-likeness (QED) is 0.544. The predicted octanol–water partition coefficient (Wildman–Crippen LogP) is 5.22. The van der Waals surface area contributed by atoms with Crippen LogP contribution in [-0.4, -0.2) is 17.8 Å². The summed E-state index contributed by atoms with van der Waals surface area (Å²) in [6.45, 7) is 7.20. The molecule has 3 rings (SSSR count). The van der Waals surface area contributed by atoms with Crippen molar-refractivity contribution in [2.75, 3.05) is 13.2 Å². The molecule has 0 N–H and O–H groups in total. The van der Waals surface area contributed by atoms with E-state index in [-0.39, 0.29) is 0 Å². The van der Waals surface area contributed by atoms with E-state index in [2.05, 4.69) is 17.6 Å². The Morgan fingerprint density at radius 1 is 0.880 bits per heavy atom. The zero-order valence-corrected chi connectivity index (χ0v) is 15.8. The summed E-state index contributed by atoms with van der Waals surface area (Å²) in [7, 11) is -3.43. The van der Waals surface area contributed by atoms with Gasteiger partial charge >= 0.3 is 7.60 Å². The van der Waals surface area contributed by atoms with E-state index in [0.717, 1.165) is 28.7 Å². The molecule has 1 aromatic heterocycles. The highest BCUT2D eigenvalue weighted by Crippen LogP contribution is 2.51. The number of hydrogen-bond acceptors (Lipinski definition) is 3. The SMILES string of the molecule is CCOP(=O)(OCC)c1c(-c2ccccc2)n(CC)c2ccccc12. The summed E-state index contributed by atoms with van der Waals surface area (Å²) in [4.78, 5) is 0. The first-order valence-corrected chi connectivity index (χ1v) is 10.3. The largest absolute Gasteiger partial charge is 0.364 e. The number of aromatic nitrogens is 1. The normalized spacial score (nSPS) is 12.0. The van der Waals surface area contributed by atoms with Crippen molar-refractivity contribution in [3.63, 3.8) is 0 Å². The van der Waals surface area contributed by atoms with E-state index < -0.39 is 7.60 Å². The second-order valence-electron chi connectivity index (χ2n) is 5.66. The van der Waals surface area contributed by atoms with Gasteiger partial charge in [0.25, 0.3) is 0 Å². The molecule has 0 aliphatic carbocycles. The maximum atomic E-state index is 13.7. The Hall–Kier alpha value is -1.87. The summed E-state index contributed by atoms with van der Waals surface area (Å²) in [6.07, 6.45) is 0. The summed E-state index contributed by atoms with van der Waals surface area (Å²) >= 11 is 0. The molecule has 25 heavy (non-hydrogen) atoms. The smallest absolute Gasteiger partial charge is 0.340 e. The van der Waals surface area contributed by atoms with Gasteiger partial charge in [-0.15, -0.1) is 0 Å². The summed E-state index contributed by atoms with van der Waals surface area (Å²) in [5, 5.41) is 1.59. The third-order valence-corrected chi connectivity index (χ3v) is 6.38. The Labute approximate surface area is 148 Å². The average molecular weight is 357 g/mol. The summed E-state index contributed by atoms with van der Waals surface area (Å²) in [5.41, 5.74) is 2.96. The van der Waals surface area contributed by atoms with Gasteiger partial charge in [0, 0.05) is 17.4 Å². The Morgan fingerprint density at radius 2 is 1.48 bits per heavy atom. The van der Waals surface area contributed by atoms with E-state index in [1.807, 2.05) is 62.4 Å². The molecule has 0 radical (unpaired) electrons. The van der Waals surface area contributed by atoms with Crippen molar-refractivity contribution in [1.82, 2.24) is 4.57 Å². The first-order chi connectivity index (χ1) is 12.2. The van der Waals surface area contributed by atoms with E-state index >= 15 is 0 Å². The summed E-state index contributed by atoms with van der Waals surface area (Å²) in [5.74, 6) is 0. The molecule has 2 aromatic carbocycles. The third-order valence-electron chi connectivity index (χ3n) is 4.18. The van der Waals surface area contributed by atoms with Gasteiger partial charge in [-0.1, -0.05) is 48.5 Å². The minimum absolute atomic E-state index is 0.330. The lowest BCUT2D eigenvalue weighted by Crippen LogP contribution is -2.14. The second-order valence-corrected chi connectivity index (χ2v) is 7.62. The number of rotatable bonds is 7. The molecule has 0 aliphatic heterocycles. The number of fused-ring (bicyclic) bond motifs is 1. The Bertz CT molecular complexity index is 892. The van der Waals surface area contributed by atoms with Gasteiger partial charge in [0.2, 0.25) is 0 Å². The number of benzene rings is 2. The Kier molecular flexibility index (Phi) is 5.43. The van der Waals surface area contributed by atoms with Crippen LogP contribution in [0.5, 0.6) is 0 Å². The Morgan fingerprint density at radius 3 is 2.08 bits per heavy atom.